The number of para-hydroxylation sites is 1. The van der Waals surface area contributed by atoms with Crippen LogP contribution in [-0.2, 0) is 6.42 Å². The van der Waals surface area contributed by atoms with Gasteiger partial charge >= 0.3 is 0 Å². The number of aryl methyl sites for hydroxylation is 2. The fraction of sp³-hybridized carbons (Fsp3) is 0.214. The van der Waals surface area contributed by atoms with E-state index in [1.165, 1.54) is 0 Å². The maximum absolute atomic E-state index is 5.78. The van der Waals surface area contributed by atoms with Crippen LogP contribution in [0.15, 0.2) is 28.8 Å². The minimum atomic E-state index is 0.546. The van der Waals surface area contributed by atoms with Crippen LogP contribution in [0, 0.1) is 6.92 Å². The summed E-state index contributed by atoms with van der Waals surface area (Å²) in [6.45, 7) is 4.11. The molecule has 5 nitrogen and oxygen atoms in total. The van der Waals surface area contributed by atoms with Crippen molar-refractivity contribution in [2.45, 2.75) is 20.3 Å². The first-order valence-electron chi connectivity index (χ1n) is 6.46. The minimum Gasteiger partial charge on any atom is -0.435 e. The van der Waals surface area contributed by atoms with Gasteiger partial charge in [0.2, 0.25) is 10.9 Å². The van der Waals surface area contributed by atoms with Crippen molar-refractivity contribution < 1.29 is 4.42 Å². The van der Waals surface area contributed by atoms with Crippen LogP contribution < -0.4 is 0 Å². The summed E-state index contributed by atoms with van der Waals surface area (Å²) in [5.74, 6) is 0.546. The summed E-state index contributed by atoms with van der Waals surface area (Å²) in [5, 5.41) is 5.53. The maximum Gasteiger partial charge on any atom is 0.247 e. The fourth-order valence-electron chi connectivity index (χ4n) is 2.18. The number of benzene rings is 1. The molecule has 1 aromatic carbocycles. The normalized spacial score (nSPS) is 11.7. The van der Waals surface area contributed by atoms with E-state index in [2.05, 4.69) is 22.0 Å². The van der Waals surface area contributed by atoms with Crippen LogP contribution in [0.2, 0.25) is 0 Å². The van der Waals surface area contributed by atoms with Crippen molar-refractivity contribution in [3.8, 4) is 11.6 Å². The van der Waals surface area contributed by atoms with Crippen LogP contribution in [0.1, 0.15) is 17.5 Å². The molecule has 0 unspecified atom stereocenters. The lowest BCUT2D eigenvalue weighted by Gasteiger charge is -1.88. The zero-order valence-corrected chi connectivity index (χ0v) is 11.9. The Morgan fingerprint density at radius 3 is 2.95 bits per heavy atom. The van der Waals surface area contributed by atoms with Crippen LogP contribution in [0.3, 0.4) is 0 Å². The van der Waals surface area contributed by atoms with Crippen molar-refractivity contribution in [1.29, 1.82) is 0 Å². The number of hydrogen-bond acceptors (Lipinski definition) is 5. The van der Waals surface area contributed by atoms with E-state index in [9.17, 15) is 0 Å². The van der Waals surface area contributed by atoms with E-state index in [0.717, 1.165) is 38.7 Å². The van der Waals surface area contributed by atoms with E-state index >= 15 is 0 Å². The highest BCUT2D eigenvalue weighted by Gasteiger charge is 2.14. The molecule has 0 aliphatic carbocycles. The Bertz CT molecular complexity index is 886. The molecule has 3 aromatic heterocycles. The number of imidazole rings is 1. The van der Waals surface area contributed by atoms with Crippen molar-refractivity contribution in [3.63, 3.8) is 0 Å². The Labute approximate surface area is 118 Å². The number of nitrogens with zero attached hydrogens (tertiary/aromatic N) is 4. The smallest absolute Gasteiger partial charge is 0.247 e. The number of aromatic nitrogens is 4. The van der Waals surface area contributed by atoms with E-state index in [0.29, 0.717) is 5.89 Å². The van der Waals surface area contributed by atoms with Crippen molar-refractivity contribution in [1.82, 2.24) is 19.6 Å². The van der Waals surface area contributed by atoms with Gasteiger partial charge in [0.15, 0.2) is 5.58 Å². The van der Waals surface area contributed by atoms with Gasteiger partial charge in [-0.25, -0.2) is 14.5 Å². The molecular formula is C14H12N4OS. The van der Waals surface area contributed by atoms with Gasteiger partial charge in [0, 0.05) is 0 Å². The molecule has 0 fully saturated rings. The van der Waals surface area contributed by atoms with Gasteiger partial charge in [-0.05, 0) is 25.0 Å². The SMILES string of the molecule is CCc1nn2cc(-c3nc4c(C)cccc4o3)nc2s1. The largest absolute Gasteiger partial charge is 0.435 e. The van der Waals surface area contributed by atoms with Gasteiger partial charge in [0.25, 0.3) is 0 Å². The van der Waals surface area contributed by atoms with Gasteiger partial charge in [0.05, 0.1) is 6.20 Å². The van der Waals surface area contributed by atoms with E-state index in [1.807, 2.05) is 31.3 Å². The lowest BCUT2D eigenvalue weighted by molar-refractivity contribution is 0.617. The lowest BCUT2D eigenvalue weighted by Crippen LogP contribution is -1.83. The molecule has 0 bridgehead atoms. The summed E-state index contributed by atoms with van der Waals surface area (Å²) in [6.07, 6.45) is 2.79. The number of fused-ring (bicyclic) bond motifs is 2. The molecule has 0 atom stereocenters. The standard InChI is InChI=1S/C14H12N4OS/c1-3-11-17-18-7-9(15-14(18)20-11)13-16-12-8(2)5-4-6-10(12)19-13/h4-7H,3H2,1-2H3. The third kappa shape index (κ3) is 1.65. The second-order valence-corrected chi connectivity index (χ2v) is 5.68. The highest BCUT2D eigenvalue weighted by molar-refractivity contribution is 7.16. The fourth-order valence-corrected chi connectivity index (χ4v) is 3.00. The first kappa shape index (κ1) is 11.6. The summed E-state index contributed by atoms with van der Waals surface area (Å²) >= 11 is 1.59. The van der Waals surface area contributed by atoms with Crippen LogP contribution in [0.4, 0.5) is 0 Å². The average Bonchev–Trinajstić information content (AvgIpc) is 3.09. The zero-order chi connectivity index (χ0) is 13.7. The monoisotopic (exact) mass is 284 g/mol. The number of rotatable bonds is 2. The zero-order valence-electron chi connectivity index (χ0n) is 11.1. The van der Waals surface area contributed by atoms with Crippen molar-refractivity contribution >= 4 is 27.4 Å². The molecule has 0 aliphatic heterocycles. The molecule has 0 aliphatic rings. The molecule has 0 saturated carbocycles. The molecule has 0 N–H and O–H groups in total. The van der Waals surface area contributed by atoms with E-state index in [4.69, 9.17) is 4.42 Å². The molecule has 0 radical (unpaired) electrons. The van der Waals surface area contributed by atoms with Gasteiger partial charge in [-0.3, -0.25) is 0 Å². The summed E-state index contributed by atoms with van der Waals surface area (Å²) < 4.78 is 7.57. The van der Waals surface area contributed by atoms with Gasteiger partial charge in [-0.1, -0.05) is 30.4 Å². The molecule has 100 valence electrons. The second-order valence-electron chi connectivity index (χ2n) is 4.64. The molecule has 4 rings (SSSR count). The molecular weight excluding hydrogens is 272 g/mol. The Morgan fingerprint density at radius 1 is 1.30 bits per heavy atom. The summed E-state index contributed by atoms with van der Waals surface area (Å²) in [6, 6.07) is 5.91. The van der Waals surface area contributed by atoms with Crippen molar-refractivity contribution in [2.75, 3.05) is 0 Å². The number of oxazole rings is 1. The molecule has 20 heavy (non-hydrogen) atoms. The molecule has 6 heteroatoms. The van der Waals surface area contributed by atoms with Crippen LogP contribution in [-0.4, -0.2) is 19.6 Å². The molecule has 4 aromatic rings. The third-order valence-corrected chi connectivity index (χ3v) is 4.29. The second kappa shape index (κ2) is 4.14. The van der Waals surface area contributed by atoms with E-state index in [1.54, 1.807) is 15.9 Å². The Balaban J connectivity index is 1.87. The molecule has 0 saturated heterocycles. The van der Waals surface area contributed by atoms with Gasteiger partial charge in [-0.15, -0.1) is 0 Å². The van der Waals surface area contributed by atoms with Crippen LogP contribution in [0.25, 0.3) is 27.6 Å². The molecule has 3 heterocycles. The molecule has 0 spiro atoms. The Hall–Kier alpha value is -2.21. The topological polar surface area (TPSA) is 56.2 Å². The van der Waals surface area contributed by atoms with E-state index in [-0.39, 0.29) is 0 Å². The summed E-state index contributed by atoms with van der Waals surface area (Å²) in [4.78, 5) is 9.94. The van der Waals surface area contributed by atoms with Gasteiger partial charge in [-0.2, -0.15) is 5.10 Å². The Kier molecular flexibility index (Phi) is 2.40. The van der Waals surface area contributed by atoms with Gasteiger partial charge < -0.3 is 4.42 Å². The quantitative estimate of drug-likeness (QED) is 0.565. The predicted molar refractivity (Wildman–Crippen MR) is 78.0 cm³/mol. The van der Waals surface area contributed by atoms with Crippen molar-refractivity contribution in [2.24, 2.45) is 0 Å². The highest BCUT2D eigenvalue weighted by Crippen LogP contribution is 2.26. The van der Waals surface area contributed by atoms with Crippen molar-refractivity contribution in [3.05, 3.63) is 35.0 Å². The minimum absolute atomic E-state index is 0.546. The van der Waals surface area contributed by atoms with Crippen LogP contribution >= 0.6 is 11.3 Å². The first-order valence-corrected chi connectivity index (χ1v) is 7.28. The third-order valence-electron chi connectivity index (χ3n) is 3.23. The van der Waals surface area contributed by atoms with Crippen LogP contribution in [0.5, 0.6) is 0 Å². The average molecular weight is 284 g/mol. The predicted octanol–water partition coefficient (Wildman–Crippen LogP) is 3.47. The number of hydrogen-bond donors (Lipinski definition) is 0. The van der Waals surface area contributed by atoms with Gasteiger partial charge in [0.1, 0.15) is 16.2 Å². The first-order chi connectivity index (χ1) is 9.74. The Morgan fingerprint density at radius 2 is 2.20 bits per heavy atom. The summed E-state index contributed by atoms with van der Waals surface area (Å²) in [7, 11) is 0. The maximum atomic E-state index is 5.78. The highest BCUT2D eigenvalue weighted by atomic mass is 32.1. The molecule has 0 amide bonds. The van der Waals surface area contributed by atoms with E-state index < -0.39 is 0 Å². The lowest BCUT2D eigenvalue weighted by atomic mass is 10.2. The summed E-state index contributed by atoms with van der Waals surface area (Å²) in [5.41, 5.74) is 3.51.